The van der Waals surface area contributed by atoms with Gasteiger partial charge < -0.3 is 10.1 Å². The Morgan fingerprint density at radius 2 is 1.92 bits per heavy atom. The van der Waals surface area contributed by atoms with E-state index in [4.69, 9.17) is 4.74 Å². The Morgan fingerprint density at radius 1 is 1.15 bits per heavy atom. The molecular weight excluding hydrogens is 162 g/mol. The summed E-state index contributed by atoms with van der Waals surface area (Å²) >= 11 is 0. The number of morpholine rings is 1. The van der Waals surface area contributed by atoms with Gasteiger partial charge in [0.2, 0.25) is 0 Å². The molecule has 2 unspecified atom stereocenters. The molecule has 0 aromatic carbocycles. The topological polar surface area (TPSA) is 21.3 Å². The molecule has 1 N–H and O–H groups in total. The molecule has 2 atom stereocenters. The molecule has 1 aliphatic carbocycles. The van der Waals surface area contributed by atoms with Crippen LogP contribution in [0.1, 0.15) is 39.0 Å². The van der Waals surface area contributed by atoms with Crippen LogP contribution in [0.4, 0.5) is 0 Å². The van der Waals surface area contributed by atoms with E-state index in [9.17, 15) is 0 Å². The van der Waals surface area contributed by atoms with Crippen molar-refractivity contribution in [3.8, 4) is 0 Å². The fraction of sp³-hybridized carbons (Fsp3) is 1.00. The molecule has 0 amide bonds. The first kappa shape index (κ1) is 9.47. The quantitative estimate of drug-likeness (QED) is 0.671. The summed E-state index contributed by atoms with van der Waals surface area (Å²) in [5.74, 6) is 0.890. The highest BCUT2D eigenvalue weighted by Gasteiger charge is 2.26. The van der Waals surface area contributed by atoms with Crippen LogP contribution < -0.4 is 5.32 Å². The van der Waals surface area contributed by atoms with E-state index in [1.165, 1.54) is 32.1 Å². The molecule has 2 aliphatic rings. The van der Waals surface area contributed by atoms with Crippen LogP contribution in [0, 0.1) is 5.92 Å². The number of rotatable bonds is 1. The summed E-state index contributed by atoms with van der Waals surface area (Å²) in [6, 6.07) is 0.650. The number of ether oxygens (including phenoxy) is 1. The van der Waals surface area contributed by atoms with Crippen molar-refractivity contribution in [2.24, 2.45) is 5.92 Å². The van der Waals surface area contributed by atoms with Gasteiger partial charge in [0.1, 0.15) is 0 Å². The van der Waals surface area contributed by atoms with Crippen LogP contribution in [0.15, 0.2) is 0 Å². The van der Waals surface area contributed by atoms with Crippen molar-refractivity contribution >= 4 is 0 Å². The molecule has 13 heavy (non-hydrogen) atoms. The fourth-order valence-electron chi connectivity index (χ4n) is 2.54. The lowest BCUT2D eigenvalue weighted by Gasteiger charge is -2.35. The molecule has 2 nitrogen and oxygen atoms in total. The van der Waals surface area contributed by atoms with E-state index < -0.39 is 0 Å². The van der Waals surface area contributed by atoms with Gasteiger partial charge in [0.05, 0.1) is 12.7 Å². The van der Waals surface area contributed by atoms with E-state index in [0.29, 0.717) is 12.1 Å². The van der Waals surface area contributed by atoms with Gasteiger partial charge in [0, 0.05) is 12.6 Å². The van der Waals surface area contributed by atoms with Gasteiger partial charge in [-0.3, -0.25) is 0 Å². The van der Waals surface area contributed by atoms with Crippen LogP contribution in [0.2, 0.25) is 0 Å². The fourth-order valence-corrected chi connectivity index (χ4v) is 2.54. The second kappa shape index (κ2) is 4.43. The summed E-state index contributed by atoms with van der Waals surface area (Å²) in [6.07, 6.45) is 7.54. The van der Waals surface area contributed by atoms with E-state index >= 15 is 0 Å². The predicted molar refractivity (Wildman–Crippen MR) is 53.8 cm³/mol. The first-order valence-corrected chi connectivity index (χ1v) is 5.71. The van der Waals surface area contributed by atoms with Crippen molar-refractivity contribution in [1.82, 2.24) is 5.32 Å². The van der Waals surface area contributed by atoms with Crippen molar-refractivity contribution in [3.05, 3.63) is 0 Å². The summed E-state index contributed by atoms with van der Waals surface area (Å²) in [4.78, 5) is 0. The Labute approximate surface area is 81.0 Å². The molecule has 0 bridgehead atoms. The van der Waals surface area contributed by atoms with Gasteiger partial charge in [-0.15, -0.1) is 0 Å². The van der Waals surface area contributed by atoms with Crippen LogP contribution >= 0.6 is 0 Å². The minimum atomic E-state index is 0.417. The highest BCUT2D eigenvalue weighted by atomic mass is 16.5. The lowest BCUT2D eigenvalue weighted by Crippen LogP contribution is -2.49. The molecule has 0 aromatic rings. The molecule has 1 heterocycles. The van der Waals surface area contributed by atoms with Gasteiger partial charge in [-0.25, -0.2) is 0 Å². The third-order valence-electron chi connectivity index (χ3n) is 3.45. The Hall–Kier alpha value is -0.0800. The van der Waals surface area contributed by atoms with Crippen LogP contribution in [0.3, 0.4) is 0 Å². The largest absolute Gasteiger partial charge is 0.376 e. The zero-order valence-electron chi connectivity index (χ0n) is 8.59. The molecule has 2 rings (SSSR count). The Bertz CT molecular complexity index is 146. The zero-order valence-corrected chi connectivity index (χ0v) is 8.59. The van der Waals surface area contributed by atoms with Crippen molar-refractivity contribution in [2.45, 2.75) is 51.2 Å². The normalized spacial score (nSPS) is 37.6. The van der Waals surface area contributed by atoms with Crippen LogP contribution in [0.25, 0.3) is 0 Å². The highest BCUT2D eigenvalue weighted by molar-refractivity contribution is 4.82. The molecule has 2 fully saturated rings. The Kier molecular flexibility index (Phi) is 3.23. The predicted octanol–water partition coefficient (Wildman–Crippen LogP) is 1.94. The lowest BCUT2D eigenvalue weighted by atomic mass is 9.84. The monoisotopic (exact) mass is 183 g/mol. The second-order valence-electron chi connectivity index (χ2n) is 4.56. The van der Waals surface area contributed by atoms with Gasteiger partial charge in [-0.05, 0) is 25.7 Å². The van der Waals surface area contributed by atoms with E-state index in [0.717, 1.165) is 19.1 Å². The number of nitrogens with one attached hydrogen (secondary N) is 1. The van der Waals surface area contributed by atoms with E-state index in [-0.39, 0.29) is 0 Å². The van der Waals surface area contributed by atoms with E-state index in [2.05, 4.69) is 12.2 Å². The van der Waals surface area contributed by atoms with Gasteiger partial charge in [-0.1, -0.05) is 19.3 Å². The summed E-state index contributed by atoms with van der Waals surface area (Å²) in [5, 5.41) is 3.61. The molecule has 0 radical (unpaired) electrons. The zero-order chi connectivity index (χ0) is 9.10. The Morgan fingerprint density at radius 3 is 2.54 bits per heavy atom. The molecular formula is C11H21NO. The molecule has 2 heteroatoms. The summed E-state index contributed by atoms with van der Waals surface area (Å²) in [7, 11) is 0. The summed E-state index contributed by atoms with van der Waals surface area (Å²) in [5.41, 5.74) is 0. The Balaban J connectivity index is 1.79. The molecule has 76 valence electrons. The van der Waals surface area contributed by atoms with Gasteiger partial charge in [0.25, 0.3) is 0 Å². The van der Waals surface area contributed by atoms with Gasteiger partial charge in [-0.2, -0.15) is 0 Å². The first-order chi connectivity index (χ1) is 6.36. The van der Waals surface area contributed by atoms with E-state index in [1.54, 1.807) is 0 Å². The average molecular weight is 183 g/mol. The van der Waals surface area contributed by atoms with Crippen molar-refractivity contribution < 1.29 is 4.74 Å². The average Bonchev–Trinajstić information content (AvgIpc) is 2.20. The van der Waals surface area contributed by atoms with Crippen molar-refractivity contribution in [1.29, 1.82) is 0 Å². The smallest absolute Gasteiger partial charge is 0.0672 e. The SMILES string of the molecule is CC1CNC(C2CCCCC2)CO1. The van der Waals surface area contributed by atoms with Crippen LogP contribution in [-0.4, -0.2) is 25.3 Å². The molecule has 0 aromatic heterocycles. The summed E-state index contributed by atoms with van der Waals surface area (Å²) in [6.45, 7) is 4.12. The van der Waals surface area contributed by atoms with E-state index in [1.807, 2.05) is 0 Å². The van der Waals surface area contributed by atoms with Gasteiger partial charge >= 0.3 is 0 Å². The minimum Gasteiger partial charge on any atom is -0.376 e. The van der Waals surface area contributed by atoms with Crippen LogP contribution in [0.5, 0.6) is 0 Å². The maximum absolute atomic E-state index is 5.68. The number of hydrogen-bond acceptors (Lipinski definition) is 2. The van der Waals surface area contributed by atoms with Crippen LogP contribution in [-0.2, 0) is 4.74 Å². The maximum Gasteiger partial charge on any atom is 0.0672 e. The molecule has 1 saturated heterocycles. The van der Waals surface area contributed by atoms with Crippen molar-refractivity contribution in [3.63, 3.8) is 0 Å². The standard InChI is InChI=1S/C11H21NO/c1-9-7-12-11(8-13-9)10-5-3-2-4-6-10/h9-12H,2-8H2,1H3. The summed E-state index contributed by atoms with van der Waals surface area (Å²) < 4.78 is 5.68. The van der Waals surface area contributed by atoms with Gasteiger partial charge in [0.15, 0.2) is 0 Å². The maximum atomic E-state index is 5.68. The highest BCUT2D eigenvalue weighted by Crippen LogP contribution is 2.27. The number of hydrogen-bond donors (Lipinski definition) is 1. The lowest BCUT2D eigenvalue weighted by molar-refractivity contribution is -0.00374. The first-order valence-electron chi connectivity index (χ1n) is 5.71. The van der Waals surface area contributed by atoms with Crippen molar-refractivity contribution in [2.75, 3.05) is 13.2 Å². The molecule has 1 saturated carbocycles. The third-order valence-corrected chi connectivity index (χ3v) is 3.45. The minimum absolute atomic E-state index is 0.417. The second-order valence-corrected chi connectivity index (χ2v) is 4.56. The third kappa shape index (κ3) is 2.44. The molecule has 0 spiro atoms. The molecule has 1 aliphatic heterocycles.